The second kappa shape index (κ2) is 4.58. The number of carbonyl (C=O) groups excluding carboxylic acids is 1. The van der Waals surface area contributed by atoms with E-state index in [1.807, 2.05) is 6.92 Å². The van der Waals surface area contributed by atoms with Crippen molar-refractivity contribution in [3.05, 3.63) is 11.6 Å². The summed E-state index contributed by atoms with van der Waals surface area (Å²) in [6.45, 7) is 4.32. The number of ether oxygens (including phenoxy) is 1. The number of allylic oxidation sites excluding steroid dienone is 1. The Bertz CT molecular complexity index is 308. The summed E-state index contributed by atoms with van der Waals surface area (Å²) in [5.74, 6) is 0.745. The van der Waals surface area contributed by atoms with E-state index in [4.69, 9.17) is 9.84 Å². The number of rotatable bonds is 2. The Morgan fingerprint density at radius 1 is 1.50 bits per heavy atom. The van der Waals surface area contributed by atoms with Gasteiger partial charge < -0.3 is 9.84 Å². The Labute approximate surface area is 96.5 Å². The second-order valence-corrected chi connectivity index (χ2v) is 5.05. The molecule has 0 radical (unpaired) electrons. The van der Waals surface area contributed by atoms with Crippen molar-refractivity contribution in [2.24, 2.45) is 17.8 Å². The lowest BCUT2D eigenvalue weighted by atomic mass is 9.87. The molecule has 0 aromatic heterocycles. The van der Waals surface area contributed by atoms with Crippen LogP contribution in [0.5, 0.6) is 0 Å². The number of hydrogen-bond acceptors (Lipinski definition) is 3. The molecule has 0 aromatic carbocycles. The molecule has 0 aromatic rings. The fraction of sp³-hybridized carbons (Fsp3) is 0.769. The molecule has 90 valence electrons. The molecule has 1 aliphatic carbocycles. The van der Waals surface area contributed by atoms with Gasteiger partial charge in [-0.05, 0) is 25.2 Å². The lowest BCUT2D eigenvalue weighted by Gasteiger charge is -2.18. The number of aliphatic hydroxyl groups is 1. The Kier molecular flexibility index (Phi) is 3.33. The molecule has 0 spiro atoms. The van der Waals surface area contributed by atoms with Crippen molar-refractivity contribution in [1.29, 1.82) is 0 Å². The molecule has 1 saturated heterocycles. The van der Waals surface area contributed by atoms with Gasteiger partial charge in [-0.3, -0.25) is 4.79 Å². The summed E-state index contributed by atoms with van der Waals surface area (Å²) < 4.78 is 5.42. The van der Waals surface area contributed by atoms with Crippen LogP contribution in [0.2, 0.25) is 0 Å². The molecular weight excluding hydrogens is 204 g/mol. The highest BCUT2D eigenvalue weighted by molar-refractivity contribution is 5.74. The van der Waals surface area contributed by atoms with Gasteiger partial charge in [0, 0.05) is 12.5 Å². The van der Waals surface area contributed by atoms with Crippen molar-refractivity contribution in [1.82, 2.24) is 0 Å². The minimum Gasteiger partial charge on any atom is -0.462 e. The van der Waals surface area contributed by atoms with Gasteiger partial charge in [0.05, 0.1) is 5.92 Å². The van der Waals surface area contributed by atoms with E-state index in [2.05, 4.69) is 13.0 Å². The van der Waals surface area contributed by atoms with Crippen LogP contribution in [0.1, 0.15) is 33.1 Å². The number of esters is 1. The quantitative estimate of drug-likeness (QED) is 0.575. The normalized spacial score (nSPS) is 38.7. The zero-order valence-electron chi connectivity index (χ0n) is 9.98. The van der Waals surface area contributed by atoms with E-state index in [0.717, 1.165) is 19.3 Å². The van der Waals surface area contributed by atoms with Crippen LogP contribution in [0.4, 0.5) is 0 Å². The van der Waals surface area contributed by atoms with Crippen molar-refractivity contribution in [2.75, 3.05) is 6.61 Å². The van der Waals surface area contributed by atoms with Crippen LogP contribution in [0.3, 0.4) is 0 Å². The predicted molar refractivity (Wildman–Crippen MR) is 60.7 cm³/mol. The van der Waals surface area contributed by atoms with Gasteiger partial charge >= 0.3 is 5.97 Å². The van der Waals surface area contributed by atoms with Crippen LogP contribution >= 0.6 is 0 Å². The summed E-state index contributed by atoms with van der Waals surface area (Å²) in [5, 5.41) is 9.00. The largest absolute Gasteiger partial charge is 0.462 e. The Morgan fingerprint density at radius 2 is 2.25 bits per heavy atom. The van der Waals surface area contributed by atoms with Gasteiger partial charge in [-0.1, -0.05) is 25.5 Å². The molecule has 16 heavy (non-hydrogen) atoms. The summed E-state index contributed by atoms with van der Waals surface area (Å²) in [7, 11) is 0. The zero-order chi connectivity index (χ0) is 11.7. The van der Waals surface area contributed by atoms with Crippen molar-refractivity contribution in [2.45, 2.75) is 39.2 Å². The lowest BCUT2D eigenvalue weighted by molar-refractivity contribution is -0.144. The Morgan fingerprint density at radius 3 is 2.94 bits per heavy atom. The molecule has 0 bridgehead atoms. The van der Waals surface area contributed by atoms with Crippen LogP contribution in [0.25, 0.3) is 0 Å². The van der Waals surface area contributed by atoms with Crippen molar-refractivity contribution in [3.63, 3.8) is 0 Å². The fourth-order valence-corrected chi connectivity index (χ4v) is 2.89. The topological polar surface area (TPSA) is 46.5 Å². The maximum absolute atomic E-state index is 11.5. The standard InChI is InChI=1S/C13H20O3/c1-8-7-12-11(9(2)13(15)16-12)4-3-10(8)5-6-14/h3,8-9,11-12,14H,4-7H2,1-2H3/t8?,9?,11-,12+/m1/s1. The van der Waals surface area contributed by atoms with Crippen LogP contribution in [-0.4, -0.2) is 23.8 Å². The van der Waals surface area contributed by atoms with Gasteiger partial charge in [0.2, 0.25) is 0 Å². The molecule has 1 fully saturated rings. The highest BCUT2D eigenvalue weighted by Crippen LogP contribution is 2.39. The van der Waals surface area contributed by atoms with Gasteiger partial charge in [-0.15, -0.1) is 0 Å². The third kappa shape index (κ3) is 2.01. The Hall–Kier alpha value is -0.830. The molecule has 1 heterocycles. The highest BCUT2D eigenvalue weighted by atomic mass is 16.6. The van der Waals surface area contributed by atoms with Gasteiger partial charge in [-0.25, -0.2) is 0 Å². The van der Waals surface area contributed by atoms with Crippen LogP contribution in [0, 0.1) is 17.8 Å². The fourth-order valence-electron chi connectivity index (χ4n) is 2.89. The van der Waals surface area contributed by atoms with E-state index >= 15 is 0 Å². The number of carbonyl (C=O) groups is 1. The van der Waals surface area contributed by atoms with Gasteiger partial charge in [0.1, 0.15) is 6.10 Å². The molecule has 3 heteroatoms. The summed E-state index contributed by atoms with van der Waals surface area (Å²) in [6, 6.07) is 0. The highest BCUT2D eigenvalue weighted by Gasteiger charge is 2.42. The summed E-state index contributed by atoms with van der Waals surface area (Å²) in [5.41, 5.74) is 1.32. The van der Waals surface area contributed by atoms with Crippen LogP contribution in [-0.2, 0) is 9.53 Å². The minimum atomic E-state index is -0.0405. The lowest BCUT2D eigenvalue weighted by Crippen LogP contribution is -2.19. The van der Waals surface area contributed by atoms with E-state index in [9.17, 15) is 4.79 Å². The van der Waals surface area contributed by atoms with Gasteiger partial charge in [0.15, 0.2) is 0 Å². The molecule has 2 rings (SSSR count). The first-order valence-corrected chi connectivity index (χ1v) is 6.13. The number of fused-ring (bicyclic) bond motifs is 1. The monoisotopic (exact) mass is 224 g/mol. The summed E-state index contributed by atoms with van der Waals surface area (Å²) in [6.07, 6.45) is 4.88. The first kappa shape index (κ1) is 11.6. The van der Waals surface area contributed by atoms with E-state index in [1.165, 1.54) is 5.57 Å². The average molecular weight is 224 g/mol. The molecule has 4 atom stereocenters. The SMILES string of the molecule is CC1C[C@@H]2OC(=O)C(C)[C@H]2CC=C1CCO. The smallest absolute Gasteiger partial charge is 0.309 e. The molecular formula is C13H20O3. The van der Waals surface area contributed by atoms with Gasteiger partial charge in [-0.2, -0.15) is 0 Å². The van der Waals surface area contributed by atoms with E-state index < -0.39 is 0 Å². The van der Waals surface area contributed by atoms with Crippen molar-refractivity contribution in [3.8, 4) is 0 Å². The summed E-state index contributed by atoms with van der Waals surface area (Å²) >= 11 is 0. The van der Waals surface area contributed by atoms with Gasteiger partial charge in [0.25, 0.3) is 0 Å². The molecule has 3 nitrogen and oxygen atoms in total. The third-order valence-electron chi connectivity index (χ3n) is 4.03. The minimum absolute atomic E-state index is 0.0296. The third-order valence-corrected chi connectivity index (χ3v) is 4.03. The summed E-state index contributed by atoms with van der Waals surface area (Å²) in [4.78, 5) is 11.5. The molecule has 2 aliphatic rings. The van der Waals surface area contributed by atoms with E-state index in [-0.39, 0.29) is 24.6 Å². The molecule has 1 aliphatic heterocycles. The first-order valence-electron chi connectivity index (χ1n) is 6.13. The molecule has 0 amide bonds. The number of hydrogen-bond donors (Lipinski definition) is 1. The second-order valence-electron chi connectivity index (χ2n) is 5.05. The first-order chi connectivity index (χ1) is 7.63. The van der Waals surface area contributed by atoms with Crippen LogP contribution < -0.4 is 0 Å². The van der Waals surface area contributed by atoms with E-state index in [1.54, 1.807) is 0 Å². The molecule has 0 saturated carbocycles. The molecule has 1 N–H and O–H groups in total. The zero-order valence-corrected chi connectivity index (χ0v) is 9.98. The predicted octanol–water partition coefficient (Wildman–Crippen LogP) is 1.90. The maximum atomic E-state index is 11.5. The molecule has 2 unspecified atom stereocenters. The maximum Gasteiger partial charge on any atom is 0.309 e. The number of aliphatic hydroxyl groups excluding tert-OH is 1. The van der Waals surface area contributed by atoms with Crippen LogP contribution in [0.15, 0.2) is 11.6 Å². The van der Waals surface area contributed by atoms with E-state index in [0.29, 0.717) is 11.8 Å². The average Bonchev–Trinajstić information content (AvgIpc) is 2.42. The van der Waals surface area contributed by atoms with Crippen molar-refractivity contribution >= 4 is 5.97 Å². The Balaban J connectivity index is 2.12. The van der Waals surface area contributed by atoms with Crippen molar-refractivity contribution < 1.29 is 14.6 Å².